The Balaban J connectivity index is 1.83. The Morgan fingerprint density at radius 2 is 1.78 bits per heavy atom. The summed E-state index contributed by atoms with van der Waals surface area (Å²) in [4.78, 5) is 0. The highest BCUT2D eigenvalue weighted by atomic mass is 16.3. The molecule has 0 aliphatic rings. The molecule has 2 rings (SSSR count). The van der Waals surface area contributed by atoms with Crippen LogP contribution in [0.25, 0.3) is 0 Å². The smallest absolute Gasteiger partial charge is 0.0477 e. The van der Waals surface area contributed by atoms with Gasteiger partial charge in [-0.3, -0.25) is 0 Å². The Bertz CT molecular complexity index is 425. The van der Waals surface area contributed by atoms with Gasteiger partial charge in [0, 0.05) is 38.1 Å². The van der Waals surface area contributed by atoms with Crippen molar-refractivity contribution in [3.63, 3.8) is 0 Å². The van der Waals surface area contributed by atoms with Crippen LogP contribution in [0, 0.1) is 0 Å². The minimum absolute atomic E-state index is 0.218. The molecule has 1 heterocycles. The number of benzene rings is 1. The summed E-state index contributed by atoms with van der Waals surface area (Å²) >= 11 is 0. The summed E-state index contributed by atoms with van der Waals surface area (Å²) in [5, 5.41) is 12.6. The highest BCUT2D eigenvalue weighted by molar-refractivity contribution is 5.14. The van der Waals surface area contributed by atoms with Crippen LogP contribution >= 0.6 is 0 Å². The lowest BCUT2D eigenvalue weighted by atomic mass is 10.2. The molecule has 96 valence electrons. The second-order valence-electron chi connectivity index (χ2n) is 4.41. The summed E-state index contributed by atoms with van der Waals surface area (Å²) in [5.41, 5.74) is 1.28. The Kier molecular flexibility index (Phi) is 5.00. The van der Waals surface area contributed by atoms with Crippen molar-refractivity contribution in [3.8, 4) is 0 Å². The van der Waals surface area contributed by atoms with Gasteiger partial charge in [-0.2, -0.15) is 0 Å². The number of aliphatic hydroxyl groups is 1. The van der Waals surface area contributed by atoms with Gasteiger partial charge in [0.2, 0.25) is 0 Å². The van der Waals surface area contributed by atoms with Crippen molar-refractivity contribution in [2.24, 2.45) is 0 Å². The molecule has 0 unspecified atom stereocenters. The van der Waals surface area contributed by atoms with E-state index in [1.54, 1.807) is 0 Å². The molecule has 0 saturated heterocycles. The lowest BCUT2D eigenvalue weighted by Crippen LogP contribution is -2.25. The van der Waals surface area contributed by atoms with Crippen molar-refractivity contribution >= 4 is 0 Å². The molecular weight excluding hydrogens is 224 g/mol. The van der Waals surface area contributed by atoms with E-state index in [-0.39, 0.29) is 6.61 Å². The molecule has 1 aromatic carbocycles. The fourth-order valence-corrected chi connectivity index (χ4v) is 2.08. The third-order valence-corrected chi connectivity index (χ3v) is 3.06. The minimum atomic E-state index is 0.218. The van der Waals surface area contributed by atoms with Crippen LogP contribution in [0.3, 0.4) is 0 Å². The highest BCUT2D eigenvalue weighted by Crippen LogP contribution is 2.10. The maximum Gasteiger partial charge on any atom is 0.0477 e. The second kappa shape index (κ2) is 6.99. The topological polar surface area (TPSA) is 37.2 Å². The zero-order valence-electron chi connectivity index (χ0n) is 10.5. The number of hydrogen-bond donors (Lipinski definition) is 2. The van der Waals surface area contributed by atoms with Gasteiger partial charge in [-0.25, -0.2) is 0 Å². The number of nitrogens with one attached hydrogen (secondary N) is 1. The van der Waals surface area contributed by atoms with E-state index in [4.69, 9.17) is 5.11 Å². The number of rotatable bonds is 7. The molecule has 0 amide bonds. The maximum atomic E-state index is 9.11. The van der Waals surface area contributed by atoms with Gasteiger partial charge in [0.25, 0.3) is 0 Å². The Labute approximate surface area is 108 Å². The monoisotopic (exact) mass is 244 g/mol. The molecule has 3 nitrogen and oxygen atoms in total. The first-order chi connectivity index (χ1) is 8.90. The van der Waals surface area contributed by atoms with E-state index in [1.807, 2.05) is 42.7 Å². The summed E-state index contributed by atoms with van der Waals surface area (Å²) in [6.07, 6.45) is 4.87. The average molecular weight is 244 g/mol. The fourth-order valence-electron chi connectivity index (χ4n) is 2.08. The normalized spacial score (nSPS) is 12.5. The van der Waals surface area contributed by atoms with E-state index < -0.39 is 0 Å². The molecule has 0 spiro atoms. The number of nitrogens with zero attached hydrogens (tertiary/aromatic N) is 1. The van der Waals surface area contributed by atoms with E-state index in [2.05, 4.69) is 22.0 Å². The molecule has 0 radical (unpaired) electrons. The summed E-state index contributed by atoms with van der Waals surface area (Å²) < 4.78 is 2.15. The van der Waals surface area contributed by atoms with Crippen LogP contribution in [0.2, 0.25) is 0 Å². The molecule has 1 aromatic heterocycles. The Morgan fingerprint density at radius 1 is 1.06 bits per heavy atom. The van der Waals surface area contributed by atoms with E-state index in [0.29, 0.717) is 6.04 Å². The number of aliphatic hydroxyl groups excluding tert-OH is 1. The number of aromatic nitrogens is 1. The molecule has 0 aliphatic heterocycles. The van der Waals surface area contributed by atoms with Gasteiger partial charge in [-0.1, -0.05) is 30.3 Å². The van der Waals surface area contributed by atoms with Crippen molar-refractivity contribution < 1.29 is 5.11 Å². The number of hydrogen-bond acceptors (Lipinski definition) is 2. The highest BCUT2D eigenvalue weighted by Gasteiger charge is 2.08. The zero-order chi connectivity index (χ0) is 12.6. The maximum absolute atomic E-state index is 9.11. The summed E-state index contributed by atoms with van der Waals surface area (Å²) in [6, 6.07) is 14.7. The van der Waals surface area contributed by atoms with E-state index in [0.717, 1.165) is 19.5 Å². The predicted octanol–water partition coefficient (Wildman–Crippen LogP) is 2.20. The van der Waals surface area contributed by atoms with E-state index >= 15 is 0 Å². The summed E-state index contributed by atoms with van der Waals surface area (Å²) in [6.45, 7) is 1.95. The first kappa shape index (κ1) is 12.9. The molecule has 2 aromatic rings. The van der Waals surface area contributed by atoms with Crippen molar-refractivity contribution in [2.75, 3.05) is 13.2 Å². The third-order valence-electron chi connectivity index (χ3n) is 3.06. The van der Waals surface area contributed by atoms with Gasteiger partial charge in [0.15, 0.2) is 0 Å². The fraction of sp³-hybridized carbons (Fsp3) is 0.333. The summed E-state index contributed by atoms with van der Waals surface area (Å²) in [5.74, 6) is 0. The molecule has 0 fully saturated rings. The molecule has 0 bridgehead atoms. The van der Waals surface area contributed by atoms with Crippen LogP contribution in [0.5, 0.6) is 0 Å². The molecule has 18 heavy (non-hydrogen) atoms. The molecule has 2 N–H and O–H groups in total. The summed E-state index contributed by atoms with van der Waals surface area (Å²) in [7, 11) is 0. The lowest BCUT2D eigenvalue weighted by molar-refractivity contribution is 0.254. The lowest BCUT2D eigenvalue weighted by Gasteiger charge is -2.18. The van der Waals surface area contributed by atoms with Gasteiger partial charge in [-0.05, 0) is 24.1 Å². The van der Waals surface area contributed by atoms with Crippen LogP contribution in [-0.2, 0) is 6.54 Å². The molecule has 0 saturated carbocycles. The first-order valence-electron chi connectivity index (χ1n) is 6.38. The first-order valence-corrected chi connectivity index (χ1v) is 6.38. The van der Waals surface area contributed by atoms with Gasteiger partial charge in [0.1, 0.15) is 0 Å². The molecule has 0 aliphatic carbocycles. The minimum Gasteiger partial charge on any atom is -0.396 e. The van der Waals surface area contributed by atoms with Crippen molar-refractivity contribution in [2.45, 2.75) is 19.0 Å². The van der Waals surface area contributed by atoms with Gasteiger partial charge in [-0.15, -0.1) is 0 Å². The predicted molar refractivity (Wildman–Crippen MR) is 73.3 cm³/mol. The van der Waals surface area contributed by atoms with Crippen LogP contribution < -0.4 is 5.32 Å². The zero-order valence-corrected chi connectivity index (χ0v) is 10.5. The van der Waals surface area contributed by atoms with Crippen LogP contribution in [-0.4, -0.2) is 22.8 Å². The van der Waals surface area contributed by atoms with Gasteiger partial charge >= 0.3 is 0 Å². The van der Waals surface area contributed by atoms with E-state index in [9.17, 15) is 0 Å². The van der Waals surface area contributed by atoms with Crippen LogP contribution in [0.4, 0.5) is 0 Å². The second-order valence-corrected chi connectivity index (χ2v) is 4.41. The molecule has 3 heteroatoms. The Morgan fingerprint density at radius 3 is 2.44 bits per heavy atom. The largest absolute Gasteiger partial charge is 0.396 e. The Hall–Kier alpha value is -1.58. The quantitative estimate of drug-likeness (QED) is 0.783. The standard InChI is InChI=1S/C15H20N2O/c18-11-8-15(17-9-4-5-10-17)13-16-12-14-6-2-1-3-7-14/h1-7,9-10,15-16,18H,8,11-13H2/t15-/m0/s1. The van der Waals surface area contributed by atoms with Crippen molar-refractivity contribution in [3.05, 3.63) is 60.4 Å². The van der Waals surface area contributed by atoms with Crippen LogP contribution in [0.15, 0.2) is 54.9 Å². The molecule has 1 atom stereocenters. The van der Waals surface area contributed by atoms with Gasteiger partial charge in [0.05, 0.1) is 0 Å². The van der Waals surface area contributed by atoms with Crippen molar-refractivity contribution in [1.82, 2.24) is 9.88 Å². The third kappa shape index (κ3) is 3.72. The SMILES string of the molecule is OCC[C@@H](CNCc1ccccc1)n1cccc1. The van der Waals surface area contributed by atoms with Crippen LogP contribution in [0.1, 0.15) is 18.0 Å². The van der Waals surface area contributed by atoms with Crippen molar-refractivity contribution in [1.29, 1.82) is 0 Å². The van der Waals surface area contributed by atoms with Gasteiger partial charge < -0.3 is 15.0 Å². The average Bonchev–Trinajstić information content (AvgIpc) is 2.93. The van der Waals surface area contributed by atoms with E-state index in [1.165, 1.54) is 5.56 Å². The molecular formula is C15H20N2O.